The van der Waals surface area contributed by atoms with Crippen LogP contribution < -0.4 is 0 Å². The Labute approximate surface area is 225 Å². The maximum absolute atomic E-state index is 6.69. The molecule has 2 unspecified atom stereocenters. The van der Waals surface area contributed by atoms with E-state index < -0.39 is 0 Å². The number of tetrazole rings is 1. The van der Waals surface area contributed by atoms with Crippen molar-refractivity contribution < 1.29 is 4.74 Å². The Morgan fingerprint density at radius 1 is 0.943 bits per heavy atom. The third-order valence-electron chi connectivity index (χ3n) is 6.00. The molecule has 0 aliphatic carbocycles. The highest BCUT2D eigenvalue weighted by molar-refractivity contribution is 6.35. The van der Waals surface area contributed by atoms with E-state index in [1.807, 2.05) is 35.0 Å². The molecule has 0 bridgehead atoms. The van der Waals surface area contributed by atoms with E-state index in [9.17, 15) is 0 Å². The van der Waals surface area contributed by atoms with Gasteiger partial charge in [-0.2, -0.15) is 0 Å². The van der Waals surface area contributed by atoms with Gasteiger partial charge in [0.15, 0.2) is 5.82 Å². The minimum atomic E-state index is -0.268. The van der Waals surface area contributed by atoms with Gasteiger partial charge < -0.3 is 4.74 Å². The number of aromatic nitrogens is 4. The van der Waals surface area contributed by atoms with E-state index in [-0.39, 0.29) is 17.5 Å². The van der Waals surface area contributed by atoms with Crippen LogP contribution in [0.4, 0.5) is 0 Å². The van der Waals surface area contributed by atoms with Gasteiger partial charge in [-0.05, 0) is 51.2 Å². The van der Waals surface area contributed by atoms with Crippen molar-refractivity contribution >= 4 is 52.5 Å². The molecule has 186 valence electrons. The zero-order chi connectivity index (χ0) is 25.2. The van der Waals surface area contributed by atoms with Gasteiger partial charge in [0.25, 0.3) is 0 Å². The molecule has 2 aromatic carbocycles. The zero-order valence-corrected chi connectivity index (χ0v) is 22.8. The summed E-state index contributed by atoms with van der Waals surface area (Å²) in [5, 5.41) is 15.4. The molecule has 0 N–H and O–H groups in total. The van der Waals surface area contributed by atoms with Crippen LogP contribution in [0.2, 0.25) is 20.1 Å². The summed E-state index contributed by atoms with van der Waals surface area (Å²) in [6.07, 6.45) is 4.06. The number of allylic oxidation sites excluding steroid dienone is 1. The molecule has 1 fully saturated rings. The molecular weight excluding hydrogens is 528 g/mol. The van der Waals surface area contributed by atoms with Crippen molar-refractivity contribution in [2.75, 3.05) is 26.3 Å². The van der Waals surface area contributed by atoms with E-state index in [2.05, 4.69) is 47.3 Å². The van der Waals surface area contributed by atoms with E-state index in [0.29, 0.717) is 39.1 Å². The van der Waals surface area contributed by atoms with Crippen LogP contribution in [0, 0.1) is 5.41 Å². The van der Waals surface area contributed by atoms with Gasteiger partial charge in [0, 0.05) is 33.2 Å². The summed E-state index contributed by atoms with van der Waals surface area (Å²) >= 11 is 25.4. The molecule has 2 atom stereocenters. The second-order valence-electron chi connectivity index (χ2n) is 9.53. The summed E-state index contributed by atoms with van der Waals surface area (Å²) in [4.78, 5) is 2.29. The topological polar surface area (TPSA) is 56.1 Å². The molecule has 10 heteroatoms. The normalized spacial score (nSPS) is 17.1. The highest BCUT2D eigenvalue weighted by atomic mass is 35.5. The van der Waals surface area contributed by atoms with E-state index in [4.69, 9.17) is 51.1 Å². The molecule has 0 saturated carbocycles. The smallest absolute Gasteiger partial charge is 0.173 e. The minimum absolute atomic E-state index is 0.172. The molecule has 1 saturated heterocycles. The van der Waals surface area contributed by atoms with Gasteiger partial charge in [-0.3, -0.25) is 4.90 Å². The molecule has 1 aromatic heterocycles. The molecule has 6 nitrogen and oxygen atoms in total. The Morgan fingerprint density at radius 2 is 1.60 bits per heavy atom. The van der Waals surface area contributed by atoms with Crippen LogP contribution in [0.5, 0.6) is 0 Å². The molecule has 3 aromatic rings. The van der Waals surface area contributed by atoms with Crippen LogP contribution in [0.25, 0.3) is 6.08 Å². The molecule has 1 aliphatic rings. The fourth-order valence-electron chi connectivity index (χ4n) is 4.21. The van der Waals surface area contributed by atoms with Crippen LogP contribution >= 0.6 is 46.4 Å². The minimum Gasteiger partial charge on any atom is -0.379 e. The Balaban J connectivity index is 1.79. The third kappa shape index (κ3) is 6.19. The average molecular weight is 555 g/mol. The quantitative estimate of drug-likeness (QED) is 0.328. The lowest BCUT2D eigenvalue weighted by molar-refractivity contribution is 0.0210. The molecule has 0 amide bonds. The summed E-state index contributed by atoms with van der Waals surface area (Å²) in [7, 11) is 0. The number of rotatable bonds is 6. The number of benzene rings is 2. The van der Waals surface area contributed by atoms with E-state index in [1.165, 1.54) is 0 Å². The highest BCUT2D eigenvalue weighted by Crippen LogP contribution is 2.38. The fraction of sp³-hybridized carbons (Fsp3) is 0.400. The summed E-state index contributed by atoms with van der Waals surface area (Å²) in [6.45, 7) is 9.16. The number of ether oxygens (including phenoxy) is 1. The second kappa shape index (κ2) is 11.2. The van der Waals surface area contributed by atoms with Crippen molar-refractivity contribution in [2.24, 2.45) is 5.41 Å². The zero-order valence-electron chi connectivity index (χ0n) is 19.8. The molecule has 0 spiro atoms. The molecule has 35 heavy (non-hydrogen) atoms. The predicted octanol–water partition coefficient (Wildman–Crippen LogP) is 7.01. The number of morpholine rings is 1. The largest absolute Gasteiger partial charge is 0.379 e. The second-order valence-corrected chi connectivity index (χ2v) is 11.2. The first kappa shape index (κ1) is 26.4. The highest BCUT2D eigenvalue weighted by Gasteiger charge is 2.35. The standard InChI is InChI=1S/C25H27Cl4N5O/c1-25(2,3)22(9-5-16-4-6-17(26)14-20(16)28)34-24(30-31-32-34)23(33-10-12-35-13-11-33)19-8-7-18(27)15-21(19)29/h4-9,14-15,22-23H,10-13H2,1-3H3/b9-5-. The summed E-state index contributed by atoms with van der Waals surface area (Å²) in [6, 6.07) is 10.5. The van der Waals surface area contributed by atoms with Crippen molar-refractivity contribution in [2.45, 2.75) is 32.9 Å². The first-order valence-corrected chi connectivity index (χ1v) is 12.8. The maximum Gasteiger partial charge on any atom is 0.173 e. The SMILES string of the molecule is CC(C)(C)C(/C=C\c1ccc(Cl)cc1Cl)n1nnnc1C(c1ccc(Cl)cc1Cl)N1CCOCC1. The third-order valence-corrected chi connectivity index (χ3v) is 7.13. The summed E-state index contributed by atoms with van der Waals surface area (Å²) in [5.41, 5.74) is 1.55. The maximum atomic E-state index is 6.69. The Bertz CT molecular complexity index is 1200. The lowest BCUT2D eigenvalue weighted by Gasteiger charge is -2.36. The van der Waals surface area contributed by atoms with Gasteiger partial charge in [-0.25, -0.2) is 4.68 Å². The predicted molar refractivity (Wildman–Crippen MR) is 143 cm³/mol. The van der Waals surface area contributed by atoms with Gasteiger partial charge in [0.1, 0.15) is 0 Å². The lowest BCUT2D eigenvalue weighted by atomic mass is 9.86. The average Bonchev–Trinajstić information content (AvgIpc) is 3.25. The van der Waals surface area contributed by atoms with Crippen molar-refractivity contribution in [3.8, 4) is 0 Å². The number of halogens is 4. The monoisotopic (exact) mass is 553 g/mol. The van der Waals surface area contributed by atoms with Crippen molar-refractivity contribution in [3.63, 3.8) is 0 Å². The first-order valence-electron chi connectivity index (χ1n) is 11.3. The summed E-state index contributed by atoms with van der Waals surface area (Å²) < 4.78 is 7.48. The van der Waals surface area contributed by atoms with Crippen LogP contribution in [0.1, 0.15) is 49.8 Å². The van der Waals surface area contributed by atoms with Crippen molar-refractivity contribution in [3.05, 3.63) is 79.5 Å². The Kier molecular flexibility index (Phi) is 8.41. The number of nitrogens with zero attached hydrogens (tertiary/aromatic N) is 5. The molecule has 1 aliphatic heterocycles. The van der Waals surface area contributed by atoms with Gasteiger partial charge in [-0.15, -0.1) is 5.10 Å². The van der Waals surface area contributed by atoms with Gasteiger partial charge in [0.2, 0.25) is 0 Å². The van der Waals surface area contributed by atoms with Gasteiger partial charge in [0.05, 0.1) is 25.3 Å². The molecular formula is C25H27Cl4N5O. The Morgan fingerprint density at radius 3 is 2.23 bits per heavy atom. The van der Waals surface area contributed by atoms with E-state index in [0.717, 1.165) is 24.2 Å². The molecule has 2 heterocycles. The lowest BCUT2D eigenvalue weighted by Crippen LogP contribution is -2.41. The Hall–Kier alpha value is -1.67. The van der Waals surface area contributed by atoms with Crippen LogP contribution in [0.3, 0.4) is 0 Å². The van der Waals surface area contributed by atoms with Gasteiger partial charge >= 0.3 is 0 Å². The van der Waals surface area contributed by atoms with E-state index >= 15 is 0 Å². The molecule has 0 radical (unpaired) electrons. The number of hydrogen-bond donors (Lipinski definition) is 0. The summed E-state index contributed by atoms with van der Waals surface area (Å²) in [5.74, 6) is 0.697. The first-order chi connectivity index (χ1) is 16.6. The van der Waals surface area contributed by atoms with Gasteiger partial charge in [-0.1, -0.05) is 91.5 Å². The van der Waals surface area contributed by atoms with E-state index in [1.54, 1.807) is 12.1 Å². The van der Waals surface area contributed by atoms with Crippen LogP contribution in [-0.4, -0.2) is 51.4 Å². The molecule has 4 rings (SSSR count). The van der Waals surface area contributed by atoms with Crippen LogP contribution in [0.15, 0.2) is 42.5 Å². The van der Waals surface area contributed by atoms with Crippen molar-refractivity contribution in [1.29, 1.82) is 0 Å². The van der Waals surface area contributed by atoms with Crippen molar-refractivity contribution in [1.82, 2.24) is 25.1 Å². The number of hydrogen-bond acceptors (Lipinski definition) is 5. The fourth-order valence-corrected chi connectivity index (χ4v) is 5.19. The van der Waals surface area contributed by atoms with Crippen LogP contribution in [-0.2, 0) is 4.74 Å².